The van der Waals surface area contributed by atoms with Crippen molar-refractivity contribution in [2.24, 2.45) is 0 Å². The van der Waals surface area contributed by atoms with E-state index in [-0.39, 0.29) is 12.1 Å². The average molecular weight is 224 g/mol. The largest absolute Gasteiger partial charge is 0.401 e. The SMILES string of the molecule is CNC(C)CCN(CC(F)(F)F)C1CC1. The summed E-state index contributed by atoms with van der Waals surface area (Å²) < 4.78 is 36.7. The zero-order chi connectivity index (χ0) is 11.5. The van der Waals surface area contributed by atoms with Gasteiger partial charge in [0.15, 0.2) is 0 Å². The van der Waals surface area contributed by atoms with Gasteiger partial charge < -0.3 is 5.32 Å². The molecule has 1 rings (SSSR count). The molecule has 0 aromatic heterocycles. The van der Waals surface area contributed by atoms with Crippen molar-refractivity contribution < 1.29 is 13.2 Å². The fraction of sp³-hybridized carbons (Fsp3) is 1.00. The van der Waals surface area contributed by atoms with Crippen LogP contribution < -0.4 is 5.32 Å². The number of hydrogen-bond donors (Lipinski definition) is 1. The fourth-order valence-corrected chi connectivity index (χ4v) is 1.56. The Labute approximate surface area is 88.8 Å². The molecule has 1 N–H and O–H groups in total. The van der Waals surface area contributed by atoms with Gasteiger partial charge in [-0.25, -0.2) is 0 Å². The summed E-state index contributed by atoms with van der Waals surface area (Å²) in [4.78, 5) is 1.56. The van der Waals surface area contributed by atoms with Crippen molar-refractivity contribution in [2.45, 2.75) is 44.4 Å². The number of nitrogens with one attached hydrogen (secondary N) is 1. The summed E-state index contributed by atoms with van der Waals surface area (Å²) in [5.41, 5.74) is 0. The third-order valence-electron chi connectivity index (χ3n) is 2.79. The molecule has 0 aromatic carbocycles. The van der Waals surface area contributed by atoms with E-state index in [4.69, 9.17) is 0 Å². The van der Waals surface area contributed by atoms with Crippen LogP contribution in [-0.4, -0.2) is 43.3 Å². The zero-order valence-corrected chi connectivity index (χ0v) is 9.27. The van der Waals surface area contributed by atoms with Gasteiger partial charge in [0.05, 0.1) is 6.54 Å². The maximum atomic E-state index is 12.2. The van der Waals surface area contributed by atoms with Crippen LogP contribution in [0.25, 0.3) is 0 Å². The second-order valence-corrected chi connectivity index (χ2v) is 4.30. The van der Waals surface area contributed by atoms with E-state index in [1.165, 1.54) is 0 Å². The van der Waals surface area contributed by atoms with E-state index in [1.807, 2.05) is 14.0 Å². The number of nitrogens with zero attached hydrogens (tertiary/aromatic N) is 1. The van der Waals surface area contributed by atoms with Gasteiger partial charge in [-0.1, -0.05) is 0 Å². The van der Waals surface area contributed by atoms with E-state index in [0.717, 1.165) is 19.3 Å². The number of halogens is 3. The van der Waals surface area contributed by atoms with Gasteiger partial charge in [0.2, 0.25) is 0 Å². The topological polar surface area (TPSA) is 15.3 Å². The van der Waals surface area contributed by atoms with E-state index in [9.17, 15) is 13.2 Å². The second-order valence-electron chi connectivity index (χ2n) is 4.30. The third-order valence-corrected chi connectivity index (χ3v) is 2.79. The van der Waals surface area contributed by atoms with Crippen molar-refractivity contribution in [3.05, 3.63) is 0 Å². The van der Waals surface area contributed by atoms with Crippen molar-refractivity contribution >= 4 is 0 Å². The second kappa shape index (κ2) is 5.16. The maximum Gasteiger partial charge on any atom is 0.401 e. The highest BCUT2D eigenvalue weighted by atomic mass is 19.4. The molecule has 0 bridgehead atoms. The van der Waals surface area contributed by atoms with Crippen LogP contribution in [0.15, 0.2) is 0 Å². The van der Waals surface area contributed by atoms with Crippen molar-refractivity contribution in [1.29, 1.82) is 0 Å². The number of alkyl halides is 3. The minimum Gasteiger partial charge on any atom is -0.317 e. The molecule has 5 heteroatoms. The monoisotopic (exact) mass is 224 g/mol. The standard InChI is InChI=1S/C10H19F3N2/c1-8(14-2)5-6-15(9-3-4-9)7-10(11,12)13/h8-9,14H,3-7H2,1-2H3. The Kier molecular flexibility index (Phi) is 4.40. The molecule has 1 aliphatic carbocycles. The molecular formula is C10H19F3N2. The molecular weight excluding hydrogens is 205 g/mol. The highest BCUT2D eigenvalue weighted by Crippen LogP contribution is 2.30. The molecule has 0 spiro atoms. The first-order valence-electron chi connectivity index (χ1n) is 5.40. The molecule has 0 amide bonds. The van der Waals surface area contributed by atoms with Crippen LogP contribution in [-0.2, 0) is 0 Å². The molecule has 15 heavy (non-hydrogen) atoms. The summed E-state index contributed by atoms with van der Waals surface area (Å²) in [7, 11) is 1.83. The summed E-state index contributed by atoms with van der Waals surface area (Å²) in [6.07, 6.45) is -1.46. The Morgan fingerprint density at radius 1 is 1.40 bits per heavy atom. The maximum absolute atomic E-state index is 12.2. The molecule has 1 saturated carbocycles. The lowest BCUT2D eigenvalue weighted by molar-refractivity contribution is -0.147. The summed E-state index contributed by atoms with van der Waals surface area (Å²) in [5.74, 6) is 0. The Hall–Kier alpha value is -0.290. The van der Waals surface area contributed by atoms with Gasteiger partial charge in [0.1, 0.15) is 0 Å². The smallest absolute Gasteiger partial charge is 0.317 e. The lowest BCUT2D eigenvalue weighted by Gasteiger charge is -2.24. The first-order valence-corrected chi connectivity index (χ1v) is 5.40. The highest BCUT2D eigenvalue weighted by molar-refractivity contribution is 4.86. The highest BCUT2D eigenvalue weighted by Gasteiger charge is 2.37. The van der Waals surface area contributed by atoms with Crippen LogP contribution in [0, 0.1) is 0 Å². The molecule has 1 aliphatic rings. The van der Waals surface area contributed by atoms with Crippen molar-refractivity contribution in [1.82, 2.24) is 10.2 Å². The summed E-state index contributed by atoms with van der Waals surface area (Å²) in [5, 5.41) is 3.03. The van der Waals surface area contributed by atoms with Gasteiger partial charge in [-0.05, 0) is 33.2 Å². The molecule has 1 fully saturated rings. The van der Waals surface area contributed by atoms with E-state index in [1.54, 1.807) is 4.90 Å². The van der Waals surface area contributed by atoms with Gasteiger partial charge in [-0.15, -0.1) is 0 Å². The van der Waals surface area contributed by atoms with Gasteiger partial charge in [-0.3, -0.25) is 4.90 Å². The van der Waals surface area contributed by atoms with Gasteiger partial charge in [0.25, 0.3) is 0 Å². The van der Waals surface area contributed by atoms with Crippen LogP contribution >= 0.6 is 0 Å². The minimum atomic E-state index is -4.06. The lowest BCUT2D eigenvalue weighted by atomic mass is 10.2. The molecule has 0 radical (unpaired) electrons. The fourth-order valence-electron chi connectivity index (χ4n) is 1.56. The van der Waals surface area contributed by atoms with E-state index < -0.39 is 12.7 Å². The Bertz CT molecular complexity index is 190. The minimum absolute atomic E-state index is 0.177. The molecule has 2 nitrogen and oxygen atoms in total. The normalized spacial score (nSPS) is 19.6. The van der Waals surface area contributed by atoms with Crippen LogP contribution in [0.5, 0.6) is 0 Å². The third kappa shape index (κ3) is 5.37. The van der Waals surface area contributed by atoms with E-state index >= 15 is 0 Å². The van der Waals surface area contributed by atoms with Crippen LogP contribution in [0.3, 0.4) is 0 Å². The van der Waals surface area contributed by atoms with E-state index in [0.29, 0.717) is 6.54 Å². The first-order chi connectivity index (χ1) is 6.92. The quantitative estimate of drug-likeness (QED) is 0.742. The first kappa shape index (κ1) is 12.8. The predicted octanol–water partition coefficient (Wildman–Crippen LogP) is 2.01. The van der Waals surface area contributed by atoms with Crippen molar-refractivity contribution in [2.75, 3.05) is 20.1 Å². The number of rotatable bonds is 6. The van der Waals surface area contributed by atoms with Crippen molar-refractivity contribution in [3.63, 3.8) is 0 Å². The van der Waals surface area contributed by atoms with Crippen LogP contribution in [0.4, 0.5) is 13.2 Å². The Morgan fingerprint density at radius 2 is 2.00 bits per heavy atom. The molecule has 1 atom stereocenters. The number of hydrogen-bond acceptors (Lipinski definition) is 2. The molecule has 0 aromatic rings. The average Bonchev–Trinajstić information content (AvgIpc) is 2.92. The molecule has 0 saturated heterocycles. The summed E-state index contributed by atoms with van der Waals surface area (Å²) >= 11 is 0. The van der Waals surface area contributed by atoms with Crippen LogP contribution in [0.2, 0.25) is 0 Å². The molecule has 0 heterocycles. The van der Waals surface area contributed by atoms with E-state index in [2.05, 4.69) is 5.32 Å². The zero-order valence-electron chi connectivity index (χ0n) is 9.27. The Balaban J connectivity index is 2.31. The molecule has 90 valence electrons. The van der Waals surface area contributed by atoms with Gasteiger partial charge >= 0.3 is 6.18 Å². The molecule has 0 aliphatic heterocycles. The summed E-state index contributed by atoms with van der Waals surface area (Å²) in [6.45, 7) is 1.76. The van der Waals surface area contributed by atoms with Gasteiger partial charge in [-0.2, -0.15) is 13.2 Å². The summed E-state index contributed by atoms with van der Waals surface area (Å²) in [6, 6.07) is 0.454. The lowest BCUT2D eigenvalue weighted by Crippen LogP contribution is -2.38. The van der Waals surface area contributed by atoms with Crippen LogP contribution in [0.1, 0.15) is 26.2 Å². The van der Waals surface area contributed by atoms with Gasteiger partial charge in [0, 0.05) is 18.6 Å². The predicted molar refractivity (Wildman–Crippen MR) is 53.8 cm³/mol. The molecule has 1 unspecified atom stereocenters. The Morgan fingerprint density at radius 3 is 2.40 bits per heavy atom. The van der Waals surface area contributed by atoms with Crippen molar-refractivity contribution in [3.8, 4) is 0 Å².